The minimum Gasteiger partial charge on any atom is -0.490 e. The fraction of sp³-hybridized carbons (Fsp3) is 0.304. The number of hydrogen-bond acceptors (Lipinski definition) is 4. The lowest BCUT2D eigenvalue weighted by molar-refractivity contribution is -0.122. The molecule has 1 aliphatic heterocycles. The van der Waals surface area contributed by atoms with Crippen LogP contribution in [0.3, 0.4) is 0 Å². The Hall–Kier alpha value is -2.80. The van der Waals surface area contributed by atoms with Gasteiger partial charge in [-0.2, -0.15) is 0 Å². The first-order valence-electron chi connectivity index (χ1n) is 10.0. The summed E-state index contributed by atoms with van der Waals surface area (Å²) in [6.07, 6.45) is 4.13. The van der Waals surface area contributed by atoms with Crippen LogP contribution in [0.1, 0.15) is 41.7 Å². The van der Waals surface area contributed by atoms with Crippen molar-refractivity contribution in [1.29, 1.82) is 0 Å². The van der Waals surface area contributed by atoms with Crippen LogP contribution in [0.2, 0.25) is 0 Å². The van der Waals surface area contributed by atoms with Gasteiger partial charge in [0.1, 0.15) is 6.54 Å². The van der Waals surface area contributed by atoms with E-state index in [1.807, 2.05) is 47.9 Å². The third kappa shape index (κ3) is 4.21. The Morgan fingerprint density at radius 3 is 2.77 bits per heavy atom. The van der Waals surface area contributed by atoms with Crippen LogP contribution in [0.25, 0.3) is 10.9 Å². The molecule has 6 nitrogen and oxygen atoms in total. The van der Waals surface area contributed by atoms with Gasteiger partial charge >= 0.3 is 0 Å². The van der Waals surface area contributed by atoms with Gasteiger partial charge in [0.25, 0.3) is 0 Å². The molecule has 1 N–H and O–H groups in total. The quantitative estimate of drug-likeness (QED) is 0.532. The number of aromatic nitrogens is 1. The first-order chi connectivity index (χ1) is 14.6. The maximum absolute atomic E-state index is 12.8. The third-order valence-corrected chi connectivity index (χ3v) is 5.73. The second kappa shape index (κ2) is 8.92. The molecule has 1 amide bonds. The molecule has 1 atom stereocenters. The number of nitrogens with one attached hydrogen (secondary N) is 1. The van der Waals surface area contributed by atoms with Gasteiger partial charge in [-0.15, -0.1) is 0 Å². The molecule has 2 heterocycles. The van der Waals surface area contributed by atoms with Crippen molar-refractivity contribution >= 4 is 39.0 Å². The lowest BCUT2D eigenvalue weighted by atomic mass is 10.0. The molecule has 0 unspecified atom stereocenters. The molecule has 0 saturated heterocycles. The van der Waals surface area contributed by atoms with Gasteiger partial charge in [-0.1, -0.05) is 28.9 Å². The van der Waals surface area contributed by atoms with E-state index in [1.54, 1.807) is 6.20 Å². The van der Waals surface area contributed by atoms with Crippen molar-refractivity contribution in [3.63, 3.8) is 0 Å². The SMILES string of the molecule is CC[C@@H](NC(=O)Cn1cc(C=O)c2cc(Br)ccc21)c1ccc2c(c1)OCCCO2. The van der Waals surface area contributed by atoms with E-state index in [1.165, 1.54) is 0 Å². The highest BCUT2D eigenvalue weighted by Gasteiger charge is 2.18. The average molecular weight is 471 g/mol. The van der Waals surface area contributed by atoms with Gasteiger partial charge in [0.15, 0.2) is 17.8 Å². The number of aldehydes is 1. The van der Waals surface area contributed by atoms with Gasteiger partial charge in [0.2, 0.25) is 5.91 Å². The van der Waals surface area contributed by atoms with E-state index in [2.05, 4.69) is 21.2 Å². The highest BCUT2D eigenvalue weighted by Crippen LogP contribution is 2.33. The van der Waals surface area contributed by atoms with Gasteiger partial charge in [0, 0.05) is 33.6 Å². The molecule has 4 rings (SSSR count). The molecule has 0 fully saturated rings. The van der Waals surface area contributed by atoms with Gasteiger partial charge in [-0.05, 0) is 42.3 Å². The summed E-state index contributed by atoms with van der Waals surface area (Å²) in [6, 6.07) is 11.4. The Morgan fingerprint density at radius 2 is 2.00 bits per heavy atom. The van der Waals surface area contributed by atoms with Gasteiger partial charge < -0.3 is 19.4 Å². The highest BCUT2D eigenvalue weighted by atomic mass is 79.9. The Kier molecular flexibility index (Phi) is 6.08. The zero-order valence-electron chi connectivity index (χ0n) is 16.7. The first kappa shape index (κ1) is 20.5. The van der Waals surface area contributed by atoms with Crippen molar-refractivity contribution in [1.82, 2.24) is 9.88 Å². The van der Waals surface area contributed by atoms with Crippen LogP contribution in [-0.4, -0.2) is 30.0 Å². The highest BCUT2D eigenvalue weighted by molar-refractivity contribution is 9.10. The molecule has 0 spiro atoms. The van der Waals surface area contributed by atoms with Crippen molar-refractivity contribution in [2.45, 2.75) is 32.4 Å². The average Bonchev–Trinajstić information content (AvgIpc) is 2.92. The summed E-state index contributed by atoms with van der Waals surface area (Å²) >= 11 is 3.43. The largest absolute Gasteiger partial charge is 0.490 e. The van der Waals surface area contributed by atoms with Crippen LogP contribution in [0, 0.1) is 0 Å². The molecule has 2 aromatic carbocycles. The number of carbonyl (C=O) groups is 2. The van der Waals surface area contributed by atoms with Crippen molar-refractivity contribution in [3.8, 4) is 11.5 Å². The molecule has 3 aromatic rings. The van der Waals surface area contributed by atoms with E-state index >= 15 is 0 Å². The van der Waals surface area contributed by atoms with Gasteiger partial charge in [-0.25, -0.2) is 0 Å². The number of amides is 1. The second-order valence-corrected chi connectivity index (χ2v) is 8.19. The molecule has 156 valence electrons. The Balaban J connectivity index is 1.52. The molecule has 0 radical (unpaired) electrons. The second-order valence-electron chi connectivity index (χ2n) is 7.28. The predicted molar refractivity (Wildman–Crippen MR) is 118 cm³/mol. The van der Waals surface area contributed by atoms with Crippen molar-refractivity contribution in [2.75, 3.05) is 13.2 Å². The molecule has 7 heteroatoms. The summed E-state index contributed by atoms with van der Waals surface area (Å²) in [6.45, 7) is 3.42. The summed E-state index contributed by atoms with van der Waals surface area (Å²) in [4.78, 5) is 24.3. The fourth-order valence-corrected chi connectivity index (χ4v) is 4.10. The summed E-state index contributed by atoms with van der Waals surface area (Å²) < 4.78 is 14.2. The molecule has 0 aliphatic carbocycles. The molecule has 1 aromatic heterocycles. The van der Waals surface area contributed by atoms with Crippen LogP contribution >= 0.6 is 15.9 Å². The predicted octanol–water partition coefficient (Wildman–Crippen LogP) is 4.65. The van der Waals surface area contributed by atoms with Crippen LogP contribution in [0.15, 0.2) is 47.1 Å². The smallest absolute Gasteiger partial charge is 0.240 e. The number of hydrogen-bond donors (Lipinski definition) is 1. The van der Waals surface area contributed by atoms with E-state index in [9.17, 15) is 9.59 Å². The van der Waals surface area contributed by atoms with Crippen molar-refractivity contribution in [3.05, 3.63) is 58.2 Å². The number of nitrogens with zero attached hydrogens (tertiary/aromatic N) is 1. The summed E-state index contributed by atoms with van der Waals surface area (Å²) in [5.74, 6) is 1.34. The fourth-order valence-electron chi connectivity index (χ4n) is 3.73. The zero-order chi connectivity index (χ0) is 21.1. The molecule has 1 aliphatic rings. The van der Waals surface area contributed by atoms with E-state index in [4.69, 9.17) is 9.47 Å². The lowest BCUT2D eigenvalue weighted by Gasteiger charge is -2.19. The Labute approximate surface area is 183 Å². The number of fused-ring (bicyclic) bond motifs is 2. The van der Waals surface area contributed by atoms with Crippen LogP contribution in [0.5, 0.6) is 11.5 Å². The van der Waals surface area contributed by atoms with E-state index < -0.39 is 0 Å². The molecule has 0 bridgehead atoms. The molecular formula is C23H23BrN2O4. The minimum absolute atomic E-state index is 0.119. The van der Waals surface area contributed by atoms with Crippen molar-refractivity contribution in [2.24, 2.45) is 0 Å². The van der Waals surface area contributed by atoms with Crippen LogP contribution < -0.4 is 14.8 Å². The summed E-state index contributed by atoms with van der Waals surface area (Å²) in [5, 5.41) is 3.92. The number of benzene rings is 2. The molecule has 0 saturated carbocycles. The summed E-state index contributed by atoms with van der Waals surface area (Å²) in [5.41, 5.74) is 2.39. The third-order valence-electron chi connectivity index (χ3n) is 5.23. The monoisotopic (exact) mass is 470 g/mol. The summed E-state index contributed by atoms with van der Waals surface area (Å²) in [7, 11) is 0. The normalized spacial score (nSPS) is 14.2. The minimum atomic E-state index is -0.142. The van der Waals surface area contributed by atoms with E-state index in [0.717, 1.165) is 51.6 Å². The lowest BCUT2D eigenvalue weighted by Crippen LogP contribution is -2.31. The number of ether oxygens (including phenoxy) is 2. The first-order valence-corrected chi connectivity index (χ1v) is 10.8. The van der Waals surface area contributed by atoms with Crippen LogP contribution in [-0.2, 0) is 11.3 Å². The number of rotatable bonds is 6. The molecule has 30 heavy (non-hydrogen) atoms. The number of carbonyl (C=O) groups excluding carboxylic acids is 2. The Morgan fingerprint density at radius 1 is 1.20 bits per heavy atom. The van der Waals surface area contributed by atoms with Crippen molar-refractivity contribution < 1.29 is 19.1 Å². The Bertz CT molecular complexity index is 1090. The molecular weight excluding hydrogens is 448 g/mol. The number of halogens is 1. The zero-order valence-corrected chi connectivity index (χ0v) is 18.3. The van der Waals surface area contributed by atoms with E-state index in [0.29, 0.717) is 18.8 Å². The standard InChI is InChI=1S/C23H23BrN2O4/c1-2-19(15-4-7-21-22(10-15)30-9-3-8-29-21)25-23(28)13-26-12-16(14-27)18-11-17(24)5-6-20(18)26/h4-7,10-12,14,19H,2-3,8-9,13H2,1H3,(H,25,28)/t19-/m1/s1. The van der Waals surface area contributed by atoms with Gasteiger partial charge in [0.05, 0.1) is 19.3 Å². The topological polar surface area (TPSA) is 69.6 Å². The van der Waals surface area contributed by atoms with Gasteiger partial charge in [-0.3, -0.25) is 9.59 Å². The maximum Gasteiger partial charge on any atom is 0.240 e. The maximum atomic E-state index is 12.8. The van der Waals surface area contributed by atoms with Crippen LogP contribution in [0.4, 0.5) is 0 Å². The van der Waals surface area contributed by atoms with E-state index in [-0.39, 0.29) is 18.5 Å².